The summed E-state index contributed by atoms with van der Waals surface area (Å²) in [5.74, 6) is 1.20. The number of hydrogen-bond acceptors (Lipinski definition) is 2. The molecule has 0 amide bonds. The van der Waals surface area contributed by atoms with Crippen molar-refractivity contribution in [2.24, 2.45) is 5.41 Å². The molecule has 0 radical (unpaired) electrons. The van der Waals surface area contributed by atoms with Gasteiger partial charge in [-0.2, -0.15) is 0 Å². The van der Waals surface area contributed by atoms with E-state index in [1.54, 1.807) is 0 Å². The van der Waals surface area contributed by atoms with Gasteiger partial charge in [0.2, 0.25) is 0 Å². The zero-order chi connectivity index (χ0) is 13.8. The number of ether oxygens (including phenoxy) is 1. The molecule has 0 saturated heterocycles. The van der Waals surface area contributed by atoms with Gasteiger partial charge in [-0.05, 0) is 38.0 Å². The lowest BCUT2D eigenvalue weighted by molar-refractivity contribution is -0.126. The summed E-state index contributed by atoms with van der Waals surface area (Å²) in [5, 5.41) is 0. The van der Waals surface area contributed by atoms with E-state index in [0.717, 1.165) is 12.2 Å². The Kier molecular flexibility index (Phi) is 4.94. The minimum Gasteiger partial charge on any atom is -0.491 e. The predicted octanol–water partition coefficient (Wildman–Crippen LogP) is 4.02. The van der Waals surface area contributed by atoms with Gasteiger partial charge in [-0.3, -0.25) is 4.79 Å². The van der Waals surface area contributed by atoms with E-state index in [9.17, 15) is 4.79 Å². The van der Waals surface area contributed by atoms with Gasteiger partial charge in [0.15, 0.2) is 0 Å². The second-order valence-corrected chi connectivity index (χ2v) is 5.98. The fourth-order valence-electron chi connectivity index (χ4n) is 1.64. The number of aryl methyl sites for hydroxylation is 1. The summed E-state index contributed by atoms with van der Waals surface area (Å²) in [5.41, 5.74) is 0.949. The average Bonchev–Trinajstić information content (AvgIpc) is 2.25. The number of hydrogen-bond donors (Lipinski definition) is 0. The standard InChI is InChI=1S/C16H24O2/c1-12(2)18-14-9-6-13(7-10-14)8-11-15(17)16(3,4)5/h6-7,9-10,12H,8,11H2,1-5H3. The fraction of sp³-hybridized carbons (Fsp3) is 0.562. The first-order chi connectivity index (χ1) is 8.29. The molecule has 2 nitrogen and oxygen atoms in total. The fourth-order valence-corrected chi connectivity index (χ4v) is 1.64. The maximum absolute atomic E-state index is 11.8. The van der Waals surface area contributed by atoms with Crippen LogP contribution in [0.25, 0.3) is 0 Å². The number of carbonyl (C=O) groups is 1. The van der Waals surface area contributed by atoms with Crippen molar-refractivity contribution in [3.63, 3.8) is 0 Å². The largest absolute Gasteiger partial charge is 0.491 e. The van der Waals surface area contributed by atoms with Crippen LogP contribution in [0.3, 0.4) is 0 Å². The van der Waals surface area contributed by atoms with Gasteiger partial charge in [-0.15, -0.1) is 0 Å². The minimum atomic E-state index is -0.235. The summed E-state index contributed by atoms with van der Waals surface area (Å²) >= 11 is 0. The summed E-state index contributed by atoms with van der Waals surface area (Å²) < 4.78 is 5.58. The molecule has 1 aromatic carbocycles. The summed E-state index contributed by atoms with van der Waals surface area (Å²) in [6.45, 7) is 9.92. The Morgan fingerprint density at radius 1 is 1.17 bits per heavy atom. The first kappa shape index (κ1) is 14.7. The van der Waals surface area contributed by atoms with Gasteiger partial charge < -0.3 is 4.74 Å². The van der Waals surface area contributed by atoms with Crippen LogP contribution in [0.15, 0.2) is 24.3 Å². The van der Waals surface area contributed by atoms with Gasteiger partial charge >= 0.3 is 0 Å². The normalized spacial score (nSPS) is 11.7. The molecule has 2 heteroatoms. The highest BCUT2D eigenvalue weighted by Gasteiger charge is 2.20. The molecule has 0 aromatic heterocycles. The van der Waals surface area contributed by atoms with Gasteiger partial charge in [-0.1, -0.05) is 32.9 Å². The van der Waals surface area contributed by atoms with Gasteiger partial charge in [0, 0.05) is 11.8 Å². The number of rotatable bonds is 5. The molecule has 18 heavy (non-hydrogen) atoms. The van der Waals surface area contributed by atoms with Crippen molar-refractivity contribution >= 4 is 5.78 Å². The van der Waals surface area contributed by atoms with E-state index in [-0.39, 0.29) is 11.5 Å². The average molecular weight is 248 g/mol. The van der Waals surface area contributed by atoms with Crippen LogP contribution in [0.2, 0.25) is 0 Å². The molecular formula is C16H24O2. The zero-order valence-corrected chi connectivity index (χ0v) is 12.1. The van der Waals surface area contributed by atoms with E-state index in [1.165, 1.54) is 5.56 Å². The molecule has 0 aliphatic rings. The van der Waals surface area contributed by atoms with Crippen LogP contribution >= 0.6 is 0 Å². The van der Waals surface area contributed by atoms with E-state index in [2.05, 4.69) is 0 Å². The highest BCUT2D eigenvalue weighted by atomic mass is 16.5. The summed E-state index contributed by atoms with van der Waals surface area (Å²) in [7, 11) is 0. The minimum absolute atomic E-state index is 0.193. The smallest absolute Gasteiger partial charge is 0.138 e. The SMILES string of the molecule is CC(C)Oc1ccc(CCC(=O)C(C)(C)C)cc1. The van der Waals surface area contributed by atoms with Crippen molar-refractivity contribution in [2.45, 2.75) is 53.6 Å². The van der Waals surface area contributed by atoms with Crippen LogP contribution in [-0.2, 0) is 11.2 Å². The van der Waals surface area contributed by atoms with Crippen molar-refractivity contribution in [1.29, 1.82) is 0 Å². The van der Waals surface area contributed by atoms with Crippen LogP contribution in [0, 0.1) is 5.41 Å². The Hall–Kier alpha value is -1.31. The third-order valence-corrected chi connectivity index (χ3v) is 2.77. The molecule has 0 spiro atoms. The van der Waals surface area contributed by atoms with Crippen LogP contribution < -0.4 is 4.74 Å². The molecule has 0 aliphatic carbocycles. The topological polar surface area (TPSA) is 26.3 Å². The third kappa shape index (κ3) is 4.91. The van der Waals surface area contributed by atoms with Crippen molar-refractivity contribution in [3.05, 3.63) is 29.8 Å². The number of carbonyl (C=O) groups excluding carboxylic acids is 1. The second-order valence-electron chi connectivity index (χ2n) is 5.98. The van der Waals surface area contributed by atoms with Gasteiger partial charge in [0.1, 0.15) is 11.5 Å². The third-order valence-electron chi connectivity index (χ3n) is 2.77. The maximum Gasteiger partial charge on any atom is 0.138 e. The number of ketones is 1. The quantitative estimate of drug-likeness (QED) is 0.786. The van der Waals surface area contributed by atoms with E-state index in [4.69, 9.17) is 4.74 Å². The Bertz CT molecular complexity index is 383. The Labute approximate surface area is 110 Å². The Balaban J connectivity index is 2.52. The van der Waals surface area contributed by atoms with Crippen molar-refractivity contribution in [3.8, 4) is 5.75 Å². The molecular weight excluding hydrogens is 224 g/mol. The van der Waals surface area contributed by atoms with Gasteiger partial charge in [-0.25, -0.2) is 0 Å². The molecule has 0 fully saturated rings. The first-order valence-electron chi connectivity index (χ1n) is 6.58. The molecule has 0 saturated carbocycles. The van der Waals surface area contributed by atoms with Crippen LogP contribution in [0.1, 0.15) is 46.6 Å². The van der Waals surface area contributed by atoms with E-state index < -0.39 is 0 Å². The second kappa shape index (κ2) is 6.03. The summed E-state index contributed by atoms with van der Waals surface area (Å²) in [4.78, 5) is 11.8. The molecule has 100 valence electrons. The van der Waals surface area contributed by atoms with E-state index in [0.29, 0.717) is 12.2 Å². The van der Waals surface area contributed by atoms with Gasteiger partial charge in [0.25, 0.3) is 0 Å². The highest BCUT2D eigenvalue weighted by Crippen LogP contribution is 2.19. The summed E-state index contributed by atoms with van der Waals surface area (Å²) in [6.07, 6.45) is 1.60. The molecule has 0 atom stereocenters. The van der Waals surface area contributed by atoms with Crippen molar-refractivity contribution in [2.75, 3.05) is 0 Å². The molecule has 1 rings (SSSR count). The molecule has 0 bridgehead atoms. The number of benzene rings is 1. The monoisotopic (exact) mass is 248 g/mol. The highest BCUT2D eigenvalue weighted by molar-refractivity contribution is 5.83. The van der Waals surface area contributed by atoms with E-state index >= 15 is 0 Å². The Morgan fingerprint density at radius 2 is 1.72 bits per heavy atom. The zero-order valence-electron chi connectivity index (χ0n) is 12.1. The molecule has 0 unspecified atom stereocenters. The lowest BCUT2D eigenvalue weighted by Crippen LogP contribution is -2.20. The maximum atomic E-state index is 11.8. The van der Waals surface area contributed by atoms with E-state index in [1.807, 2.05) is 58.9 Å². The molecule has 0 N–H and O–H groups in total. The van der Waals surface area contributed by atoms with Crippen LogP contribution in [0.5, 0.6) is 5.75 Å². The van der Waals surface area contributed by atoms with Gasteiger partial charge in [0.05, 0.1) is 6.10 Å². The lowest BCUT2D eigenvalue weighted by Gasteiger charge is -2.16. The number of Topliss-reactive ketones (excluding diaryl/α,β-unsaturated/α-hetero) is 1. The molecule has 1 aromatic rings. The summed E-state index contributed by atoms with van der Waals surface area (Å²) in [6, 6.07) is 8.01. The van der Waals surface area contributed by atoms with Crippen LogP contribution in [-0.4, -0.2) is 11.9 Å². The Morgan fingerprint density at radius 3 is 2.17 bits per heavy atom. The van der Waals surface area contributed by atoms with Crippen LogP contribution in [0.4, 0.5) is 0 Å². The predicted molar refractivity (Wildman–Crippen MR) is 75.0 cm³/mol. The molecule has 0 aliphatic heterocycles. The van der Waals surface area contributed by atoms with Crippen molar-refractivity contribution < 1.29 is 9.53 Å². The first-order valence-corrected chi connectivity index (χ1v) is 6.58. The van der Waals surface area contributed by atoms with Crippen molar-refractivity contribution in [1.82, 2.24) is 0 Å². The lowest BCUT2D eigenvalue weighted by atomic mass is 9.87. The molecule has 0 heterocycles.